The quantitative estimate of drug-likeness (QED) is 0.731. The third kappa shape index (κ3) is 4.61. The topological polar surface area (TPSA) is 84.0 Å². The molecule has 0 unspecified atom stereocenters. The van der Waals surface area contributed by atoms with E-state index in [0.717, 1.165) is 25.7 Å². The Morgan fingerprint density at radius 1 is 0.963 bits per heavy atom. The second kappa shape index (κ2) is 8.29. The van der Waals surface area contributed by atoms with Crippen LogP contribution in [0.2, 0.25) is 0 Å². The van der Waals surface area contributed by atoms with Crippen LogP contribution in [-0.4, -0.2) is 56.7 Å². The van der Waals surface area contributed by atoms with Crippen molar-refractivity contribution in [2.24, 2.45) is 0 Å². The maximum atomic E-state index is 12.5. The first kappa shape index (κ1) is 19.7. The molecule has 2 fully saturated rings. The number of esters is 1. The molecular formula is C19H26N2O5S. The molecule has 7 nitrogen and oxygen atoms in total. The standard InChI is InChI=1S/C19H26N2O5S/c1-15(18(22)20-11-4-2-3-5-12-20)26-19(23)16-7-9-17(10-8-16)21-13-6-14-27(21,24)25/h7-10,15H,2-6,11-14H2,1H3/t15-/m1/s1. The Hall–Kier alpha value is -2.09. The number of carbonyl (C=O) groups excluding carboxylic acids is 2. The molecular weight excluding hydrogens is 368 g/mol. The number of hydrogen-bond donors (Lipinski definition) is 0. The van der Waals surface area contributed by atoms with Crippen molar-refractivity contribution in [2.45, 2.75) is 45.1 Å². The summed E-state index contributed by atoms with van der Waals surface area (Å²) in [6.45, 7) is 3.46. The SMILES string of the molecule is C[C@@H](OC(=O)c1ccc(N2CCCS2(=O)=O)cc1)C(=O)N1CCCCCC1. The molecule has 0 N–H and O–H groups in total. The van der Waals surface area contributed by atoms with Crippen molar-refractivity contribution >= 4 is 27.6 Å². The molecule has 2 heterocycles. The lowest BCUT2D eigenvalue weighted by molar-refractivity contribution is -0.139. The first-order valence-electron chi connectivity index (χ1n) is 9.49. The van der Waals surface area contributed by atoms with E-state index >= 15 is 0 Å². The molecule has 2 saturated heterocycles. The van der Waals surface area contributed by atoms with Crippen LogP contribution in [0.3, 0.4) is 0 Å². The molecule has 1 amide bonds. The first-order valence-corrected chi connectivity index (χ1v) is 11.1. The van der Waals surface area contributed by atoms with Gasteiger partial charge in [0.15, 0.2) is 6.10 Å². The summed E-state index contributed by atoms with van der Waals surface area (Å²) in [5, 5.41) is 0. The maximum Gasteiger partial charge on any atom is 0.338 e. The molecule has 0 spiro atoms. The highest BCUT2D eigenvalue weighted by molar-refractivity contribution is 7.93. The van der Waals surface area contributed by atoms with Gasteiger partial charge in [-0.2, -0.15) is 0 Å². The lowest BCUT2D eigenvalue weighted by atomic mass is 10.2. The van der Waals surface area contributed by atoms with Gasteiger partial charge < -0.3 is 9.64 Å². The second-order valence-corrected chi connectivity index (χ2v) is 9.09. The zero-order valence-electron chi connectivity index (χ0n) is 15.6. The number of amides is 1. The van der Waals surface area contributed by atoms with Gasteiger partial charge in [0.2, 0.25) is 10.0 Å². The summed E-state index contributed by atoms with van der Waals surface area (Å²) in [5.41, 5.74) is 0.837. The average molecular weight is 394 g/mol. The Kier molecular flexibility index (Phi) is 6.04. The number of ether oxygens (including phenoxy) is 1. The van der Waals surface area contributed by atoms with E-state index < -0.39 is 22.1 Å². The molecule has 8 heteroatoms. The molecule has 2 aliphatic heterocycles. The molecule has 0 bridgehead atoms. The van der Waals surface area contributed by atoms with E-state index in [0.29, 0.717) is 37.3 Å². The van der Waals surface area contributed by atoms with Gasteiger partial charge in [-0.15, -0.1) is 0 Å². The molecule has 148 valence electrons. The Morgan fingerprint density at radius 2 is 1.59 bits per heavy atom. The molecule has 2 aliphatic rings. The van der Waals surface area contributed by atoms with Crippen LogP contribution < -0.4 is 4.31 Å². The third-order valence-electron chi connectivity index (χ3n) is 5.04. The minimum Gasteiger partial charge on any atom is -0.449 e. The van der Waals surface area contributed by atoms with Gasteiger partial charge >= 0.3 is 5.97 Å². The van der Waals surface area contributed by atoms with Crippen molar-refractivity contribution in [3.63, 3.8) is 0 Å². The number of hydrogen-bond acceptors (Lipinski definition) is 5. The van der Waals surface area contributed by atoms with Crippen molar-refractivity contribution in [2.75, 3.05) is 29.7 Å². The van der Waals surface area contributed by atoms with Crippen molar-refractivity contribution in [3.05, 3.63) is 29.8 Å². The van der Waals surface area contributed by atoms with Crippen molar-refractivity contribution in [1.29, 1.82) is 0 Å². The summed E-state index contributed by atoms with van der Waals surface area (Å²) < 4.78 is 30.6. The summed E-state index contributed by atoms with van der Waals surface area (Å²) >= 11 is 0. The summed E-state index contributed by atoms with van der Waals surface area (Å²) in [5.74, 6) is -0.598. The highest BCUT2D eigenvalue weighted by Crippen LogP contribution is 2.24. The highest BCUT2D eigenvalue weighted by Gasteiger charge is 2.29. The lowest BCUT2D eigenvalue weighted by Crippen LogP contribution is -2.40. The van der Waals surface area contributed by atoms with Gasteiger partial charge in [0.1, 0.15) is 0 Å². The fourth-order valence-corrected chi connectivity index (χ4v) is 5.08. The van der Waals surface area contributed by atoms with E-state index in [4.69, 9.17) is 4.74 Å². The van der Waals surface area contributed by atoms with Crippen LogP contribution in [0.15, 0.2) is 24.3 Å². The molecule has 0 radical (unpaired) electrons. The lowest BCUT2D eigenvalue weighted by Gasteiger charge is -2.24. The van der Waals surface area contributed by atoms with Crippen LogP contribution in [-0.2, 0) is 19.6 Å². The van der Waals surface area contributed by atoms with E-state index in [1.807, 2.05) is 0 Å². The number of likely N-dealkylation sites (tertiary alicyclic amines) is 1. The first-order chi connectivity index (χ1) is 12.9. The van der Waals surface area contributed by atoms with Crippen molar-refractivity contribution in [1.82, 2.24) is 4.90 Å². The molecule has 0 aliphatic carbocycles. The molecule has 1 aromatic rings. The van der Waals surface area contributed by atoms with Crippen molar-refractivity contribution in [3.8, 4) is 0 Å². The molecule has 1 aromatic carbocycles. The summed E-state index contributed by atoms with van der Waals surface area (Å²) in [7, 11) is -3.25. The van der Waals surface area contributed by atoms with Gasteiger partial charge in [0.05, 0.1) is 17.0 Å². The number of nitrogens with zero attached hydrogens (tertiary/aromatic N) is 2. The third-order valence-corrected chi connectivity index (χ3v) is 6.91. The second-order valence-electron chi connectivity index (χ2n) is 7.08. The smallest absolute Gasteiger partial charge is 0.338 e. The largest absolute Gasteiger partial charge is 0.449 e. The molecule has 3 rings (SSSR count). The summed E-state index contributed by atoms with van der Waals surface area (Å²) in [4.78, 5) is 26.6. The zero-order valence-corrected chi connectivity index (χ0v) is 16.4. The van der Waals surface area contributed by atoms with Gasteiger partial charge in [-0.1, -0.05) is 12.8 Å². The predicted octanol–water partition coefficient (Wildman–Crippen LogP) is 2.17. The Morgan fingerprint density at radius 3 is 2.15 bits per heavy atom. The van der Waals surface area contributed by atoms with Crippen LogP contribution in [0, 0.1) is 0 Å². The van der Waals surface area contributed by atoms with E-state index in [1.165, 1.54) is 16.4 Å². The Bertz CT molecular complexity index is 783. The van der Waals surface area contributed by atoms with E-state index in [-0.39, 0.29) is 11.7 Å². The summed E-state index contributed by atoms with van der Waals surface area (Å²) in [6.07, 6.45) is 3.96. The van der Waals surface area contributed by atoms with Gasteiger partial charge in [-0.05, 0) is 50.5 Å². The molecule has 1 atom stereocenters. The van der Waals surface area contributed by atoms with Crippen LogP contribution in [0.5, 0.6) is 0 Å². The average Bonchev–Trinajstić information content (AvgIpc) is 2.85. The highest BCUT2D eigenvalue weighted by atomic mass is 32.2. The minimum atomic E-state index is -3.25. The summed E-state index contributed by atoms with van der Waals surface area (Å²) in [6, 6.07) is 6.27. The van der Waals surface area contributed by atoms with Gasteiger partial charge in [0, 0.05) is 19.6 Å². The molecule has 0 saturated carbocycles. The van der Waals surface area contributed by atoms with Crippen LogP contribution in [0.25, 0.3) is 0 Å². The van der Waals surface area contributed by atoms with Gasteiger partial charge in [-0.25, -0.2) is 13.2 Å². The monoisotopic (exact) mass is 394 g/mol. The van der Waals surface area contributed by atoms with Gasteiger partial charge in [0.25, 0.3) is 5.91 Å². The normalized spacial score (nSPS) is 20.8. The number of anilines is 1. The number of sulfonamides is 1. The maximum absolute atomic E-state index is 12.5. The van der Waals surface area contributed by atoms with Crippen LogP contribution in [0.4, 0.5) is 5.69 Å². The fraction of sp³-hybridized carbons (Fsp3) is 0.579. The molecule has 0 aromatic heterocycles. The zero-order chi connectivity index (χ0) is 19.4. The van der Waals surface area contributed by atoms with Crippen LogP contribution in [0.1, 0.15) is 49.4 Å². The Labute approximate surface area is 160 Å². The number of rotatable bonds is 4. The predicted molar refractivity (Wildman–Crippen MR) is 102 cm³/mol. The van der Waals surface area contributed by atoms with E-state index in [9.17, 15) is 18.0 Å². The van der Waals surface area contributed by atoms with Crippen molar-refractivity contribution < 1.29 is 22.7 Å². The van der Waals surface area contributed by atoms with Crippen LogP contribution >= 0.6 is 0 Å². The van der Waals surface area contributed by atoms with E-state index in [2.05, 4.69) is 0 Å². The number of benzene rings is 1. The number of carbonyl (C=O) groups is 2. The fourth-order valence-electron chi connectivity index (χ4n) is 3.52. The molecule has 27 heavy (non-hydrogen) atoms. The van der Waals surface area contributed by atoms with E-state index in [1.54, 1.807) is 24.0 Å². The minimum absolute atomic E-state index is 0.146. The van der Waals surface area contributed by atoms with Gasteiger partial charge in [-0.3, -0.25) is 9.10 Å². The Balaban J connectivity index is 1.61.